The lowest BCUT2D eigenvalue weighted by Crippen LogP contribution is -2.23. The number of benzene rings is 1. The van der Waals surface area contributed by atoms with E-state index in [2.05, 4.69) is 57.1 Å². The van der Waals surface area contributed by atoms with Crippen LogP contribution in [0, 0.1) is 11.8 Å². The van der Waals surface area contributed by atoms with Crippen LogP contribution in [0.5, 0.6) is 0 Å². The molecule has 2 atom stereocenters. The number of hydrogen-bond acceptors (Lipinski definition) is 2. The normalized spacial score (nSPS) is 14.8. The quantitative estimate of drug-likeness (QED) is 0.687. The van der Waals surface area contributed by atoms with E-state index in [1.807, 2.05) is 6.07 Å². The maximum absolute atomic E-state index is 11.2. The molecule has 0 N–H and O–H groups in total. The smallest absolute Gasteiger partial charge is 0.123 e. The average molecular weight is 247 g/mol. The largest absolute Gasteiger partial charge is 0.303 e. The Morgan fingerprint density at radius 3 is 2.17 bits per heavy atom. The van der Waals surface area contributed by atoms with Gasteiger partial charge in [0.15, 0.2) is 0 Å². The Morgan fingerprint density at radius 2 is 1.72 bits per heavy atom. The van der Waals surface area contributed by atoms with Gasteiger partial charge in [0.05, 0.1) is 0 Å². The molecule has 100 valence electrons. The highest BCUT2D eigenvalue weighted by Crippen LogP contribution is 2.27. The first-order valence-corrected chi connectivity index (χ1v) is 6.71. The van der Waals surface area contributed by atoms with Crippen molar-refractivity contribution < 1.29 is 4.79 Å². The van der Waals surface area contributed by atoms with Gasteiger partial charge in [-0.15, -0.1) is 0 Å². The summed E-state index contributed by atoms with van der Waals surface area (Å²) in [4.78, 5) is 13.4. The van der Waals surface area contributed by atoms with Crippen molar-refractivity contribution in [3.63, 3.8) is 0 Å². The maximum Gasteiger partial charge on any atom is 0.123 e. The molecule has 0 fully saturated rings. The van der Waals surface area contributed by atoms with E-state index < -0.39 is 0 Å². The fraction of sp³-hybridized carbons (Fsp3) is 0.562. The van der Waals surface area contributed by atoms with Crippen molar-refractivity contribution in [1.82, 2.24) is 4.90 Å². The molecule has 0 spiro atoms. The number of carbonyl (C=O) groups excluding carboxylic acids is 1. The van der Waals surface area contributed by atoms with E-state index in [1.165, 1.54) is 5.56 Å². The van der Waals surface area contributed by atoms with E-state index in [-0.39, 0.29) is 5.92 Å². The van der Waals surface area contributed by atoms with Gasteiger partial charge < -0.3 is 9.69 Å². The van der Waals surface area contributed by atoms with Crippen LogP contribution in [0.1, 0.15) is 38.3 Å². The van der Waals surface area contributed by atoms with E-state index in [0.29, 0.717) is 12.0 Å². The molecule has 18 heavy (non-hydrogen) atoms. The fourth-order valence-corrected chi connectivity index (χ4v) is 2.42. The van der Waals surface area contributed by atoms with Gasteiger partial charge in [0.1, 0.15) is 6.29 Å². The van der Waals surface area contributed by atoms with Crippen molar-refractivity contribution in [2.24, 2.45) is 11.8 Å². The van der Waals surface area contributed by atoms with Crippen molar-refractivity contribution in [1.29, 1.82) is 0 Å². The highest BCUT2D eigenvalue weighted by molar-refractivity contribution is 5.53. The molecular weight excluding hydrogens is 222 g/mol. The Kier molecular flexibility index (Phi) is 6.06. The number of nitrogens with zero attached hydrogens (tertiary/aromatic N) is 1. The minimum Gasteiger partial charge on any atom is -0.303 e. The molecule has 0 bridgehead atoms. The van der Waals surface area contributed by atoms with Gasteiger partial charge >= 0.3 is 0 Å². The van der Waals surface area contributed by atoms with Crippen molar-refractivity contribution in [2.45, 2.75) is 32.7 Å². The second-order valence-corrected chi connectivity index (χ2v) is 5.65. The summed E-state index contributed by atoms with van der Waals surface area (Å²) in [7, 11) is 4.16. The molecule has 0 aliphatic heterocycles. The number of rotatable bonds is 7. The number of hydrogen-bond donors (Lipinski definition) is 0. The van der Waals surface area contributed by atoms with Gasteiger partial charge in [-0.05, 0) is 38.4 Å². The fourth-order valence-electron chi connectivity index (χ4n) is 2.42. The van der Waals surface area contributed by atoms with Crippen molar-refractivity contribution >= 4 is 6.29 Å². The predicted molar refractivity (Wildman–Crippen MR) is 76.5 cm³/mol. The first kappa shape index (κ1) is 14.9. The summed E-state index contributed by atoms with van der Waals surface area (Å²) in [5, 5.41) is 0. The van der Waals surface area contributed by atoms with Gasteiger partial charge in [-0.25, -0.2) is 0 Å². The summed E-state index contributed by atoms with van der Waals surface area (Å²) in [6.45, 7) is 4.34. The topological polar surface area (TPSA) is 20.3 Å². The zero-order valence-corrected chi connectivity index (χ0v) is 12.0. The van der Waals surface area contributed by atoms with E-state index in [9.17, 15) is 4.79 Å². The molecule has 0 heterocycles. The predicted octanol–water partition coefficient (Wildman–Crippen LogP) is 3.54. The van der Waals surface area contributed by atoms with Gasteiger partial charge in [-0.3, -0.25) is 0 Å². The molecule has 1 aromatic rings. The summed E-state index contributed by atoms with van der Waals surface area (Å²) in [5.41, 5.74) is 1.29. The van der Waals surface area contributed by atoms with E-state index in [1.54, 1.807) is 0 Å². The van der Waals surface area contributed by atoms with Gasteiger partial charge in [0, 0.05) is 12.0 Å². The molecule has 0 saturated heterocycles. The Labute approximate surface area is 111 Å². The monoisotopic (exact) mass is 247 g/mol. The molecule has 1 aromatic carbocycles. The first-order valence-electron chi connectivity index (χ1n) is 6.71. The second kappa shape index (κ2) is 7.32. The Balaban J connectivity index is 2.77. The highest BCUT2D eigenvalue weighted by atomic mass is 16.1. The van der Waals surface area contributed by atoms with Gasteiger partial charge in [-0.1, -0.05) is 44.2 Å². The third-order valence-corrected chi connectivity index (χ3v) is 3.30. The Hall–Kier alpha value is -1.15. The molecule has 0 aliphatic rings. The van der Waals surface area contributed by atoms with E-state index >= 15 is 0 Å². The van der Waals surface area contributed by atoms with Gasteiger partial charge in [-0.2, -0.15) is 0 Å². The molecule has 0 saturated carbocycles. The van der Waals surface area contributed by atoms with Crippen molar-refractivity contribution in [3.8, 4) is 0 Å². The SMILES string of the molecule is CC(C)C[C@H](C=O)C[C@@H](c1ccccc1)N(C)C. The molecule has 0 unspecified atom stereocenters. The minimum absolute atomic E-state index is 0.151. The highest BCUT2D eigenvalue weighted by Gasteiger charge is 2.20. The maximum atomic E-state index is 11.2. The Morgan fingerprint density at radius 1 is 1.11 bits per heavy atom. The first-order chi connectivity index (χ1) is 8.54. The van der Waals surface area contributed by atoms with E-state index in [0.717, 1.165) is 19.1 Å². The summed E-state index contributed by atoms with van der Waals surface area (Å²) in [5.74, 6) is 0.719. The average Bonchev–Trinajstić information content (AvgIpc) is 2.34. The summed E-state index contributed by atoms with van der Waals surface area (Å²) in [6.07, 6.45) is 3.00. The van der Waals surface area contributed by atoms with Gasteiger partial charge in [0.25, 0.3) is 0 Å². The third kappa shape index (κ3) is 4.61. The van der Waals surface area contributed by atoms with Crippen LogP contribution in [0.3, 0.4) is 0 Å². The summed E-state index contributed by atoms with van der Waals surface area (Å²) < 4.78 is 0. The van der Waals surface area contributed by atoms with Crippen LogP contribution in [0.25, 0.3) is 0 Å². The minimum atomic E-state index is 0.151. The van der Waals surface area contributed by atoms with Crippen LogP contribution >= 0.6 is 0 Å². The molecule has 0 aliphatic carbocycles. The van der Waals surface area contributed by atoms with Crippen LogP contribution in [0.15, 0.2) is 30.3 Å². The van der Waals surface area contributed by atoms with Crippen LogP contribution in [-0.4, -0.2) is 25.3 Å². The zero-order valence-electron chi connectivity index (χ0n) is 12.0. The van der Waals surface area contributed by atoms with Crippen LogP contribution in [0.4, 0.5) is 0 Å². The molecule has 2 nitrogen and oxygen atoms in total. The Bertz CT molecular complexity index is 345. The lowest BCUT2D eigenvalue weighted by atomic mass is 9.89. The van der Waals surface area contributed by atoms with E-state index in [4.69, 9.17) is 0 Å². The molecular formula is C16H25NO. The van der Waals surface area contributed by atoms with Crippen LogP contribution in [0.2, 0.25) is 0 Å². The van der Waals surface area contributed by atoms with Gasteiger partial charge in [0.2, 0.25) is 0 Å². The second-order valence-electron chi connectivity index (χ2n) is 5.65. The number of carbonyl (C=O) groups is 1. The van der Waals surface area contributed by atoms with Crippen LogP contribution < -0.4 is 0 Å². The lowest BCUT2D eigenvalue weighted by molar-refractivity contribution is -0.112. The van der Waals surface area contributed by atoms with Crippen molar-refractivity contribution in [2.75, 3.05) is 14.1 Å². The molecule has 1 rings (SSSR count). The zero-order chi connectivity index (χ0) is 13.5. The third-order valence-electron chi connectivity index (χ3n) is 3.30. The summed E-state index contributed by atoms with van der Waals surface area (Å²) in [6, 6.07) is 10.7. The van der Waals surface area contributed by atoms with Crippen molar-refractivity contribution in [3.05, 3.63) is 35.9 Å². The number of aldehydes is 1. The molecule has 0 amide bonds. The molecule has 0 radical (unpaired) electrons. The van der Waals surface area contributed by atoms with Crippen LogP contribution in [-0.2, 0) is 4.79 Å². The standard InChI is InChI=1S/C16H25NO/c1-13(2)10-14(12-18)11-16(17(3)4)15-8-6-5-7-9-15/h5-9,12-14,16H,10-11H2,1-4H3/t14-,16-/m0/s1. The molecule has 2 heteroatoms. The summed E-state index contributed by atoms with van der Waals surface area (Å²) >= 11 is 0. The lowest BCUT2D eigenvalue weighted by Gasteiger charge is -2.27. The molecule has 0 aromatic heterocycles.